The first-order valence-corrected chi connectivity index (χ1v) is 21.9. The van der Waals surface area contributed by atoms with E-state index in [1.807, 2.05) is 12.1 Å². The monoisotopic (exact) mass is 833 g/mol. The van der Waals surface area contributed by atoms with Crippen LogP contribution in [0.3, 0.4) is 0 Å². The number of carbonyl (C=O) groups excluding carboxylic acids is 1. The molecule has 1 aromatic heterocycles. The summed E-state index contributed by atoms with van der Waals surface area (Å²) >= 11 is 0. The van der Waals surface area contributed by atoms with Crippen molar-refractivity contribution in [3.63, 3.8) is 0 Å². The standard InChI is InChI=1S/C52H55N3O7/c1-6-30-22-40-36(16-15-31-11-8-9-13-42(31)54-7-2)33-19-20-52(26-33)27-34-21-35(57)24-46(60-5)47(34)38-18-17-37-41(28-61-29(3)56)49(62-50(37)48(38)52)39-25-45(59-4)44(58)23-32(39)12-10-14-43(40)55-51(30)53/h8-9,11,13,17-18,21-25,33,36,41,49,54,57-58H,6-7,12,15-16,19-20,26-28H2,1-5H3,(H2,53,55)/t33-,36-,41+,49-,52+/m1/s1. The molecule has 5 N–H and O–H groups in total. The number of nitrogens with two attached hydrogens (primary N) is 1. The highest BCUT2D eigenvalue weighted by molar-refractivity contribution is 5.84. The molecular formula is C52H55N3O7. The maximum Gasteiger partial charge on any atom is 0.302 e. The molecule has 5 aromatic rings. The van der Waals surface area contributed by atoms with Crippen molar-refractivity contribution in [3.8, 4) is 51.7 Å². The summed E-state index contributed by atoms with van der Waals surface area (Å²) in [6.07, 6.45) is 5.52. The number of aromatic hydroxyl groups is 2. The lowest BCUT2D eigenvalue weighted by molar-refractivity contribution is -0.141. The summed E-state index contributed by atoms with van der Waals surface area (Å²) in [6, 6.07) is 22.2. The summed E-state index contributed by atoms with van der Waals surface area (Å²) in [7, 11) is 3.17. The number of hydrogen-bond donors (Lipinski definition) is 4. The number of phenolic OH excluding ortho intramolecular Hbond substituents is 2. The average molecular weight is 834 g/mol. The van der Waals surface area contributed by atoms with Crippen LogP contribution in [0.15, 0.2) is 66.7 Å². The zero-order chi connectivity index (χ0) is 43.3. The zero-order valence-corrected chi connectivity index (χ0v) is 36.2. The average Bonchev–Trinajstić information content (AvgIpc) is 3.84. The number of hydrogen-bond acceptors (Lipinski definition) is 10. The predicted molar refractivity (Wildman–Crippen MR) is 240 cm³/mol. The van der Waals surface area contributed by atoms with Gasteiger partial charge < -0.3 is 40.2 Å². The minimum atomic E-state index is -0.595. The number of nitrogens with one attached hydrogen (secondary N) is 1. The van der Waals surface area contributed by atoms with Crippen LogP contribution in [0.2, 0.25) is 0 Å². The van der Waals surface area contributed by atoms with E-state index in [9.17, 15) is 15.0 Å². The van der Waals surface area contributed by atoms with Crippen LogP contribution >= 0.6 is 0 Å². The Balaban J connectivity index is 1.30. The molecule has 4 aromatic carbocycles. The summed E-state index contributed by atoms with van der Waals surface area (Å²) in [5, 5.41) is 25.8. The van der Waals surface area contributed by atoms with Gasteiger partial charge in [-0.25, -0.2) is 4.98 Å². The molecule has 10 nitrogen and oxygen atoms in total. The molecule has 2 aliphatic heterocycles. The second-order valence-corrected chi connectivity index (χ2v) is 17.4. The van der Waals surface area contributed by atoms with Crippen LogP contribution in [0.5, 0.6) is 28.7 Å². The number of para-hydroxylation sites is 1. The Morgan fingerprint density at radius 2 is 1.79 bits per heavy atom. The Hall–Kier alpha value is -6.34. The van der Waals surface area contributed by atoms with Gasteiger partial charge in [0.25, 0.3) is 0 Å². The smallest absolute Gasteiger partial charge is 0.302 e. The number of methoxy groups -OCH3 is 2. The molecule has 320 valence electrons. The number of aryl methyl sites for hydroxylation is 2. The third-order valence-electron chi connectivity index (χ3n) is 13.9. The lowest BCUT2D eigenvalue weighted by Gasteiger charge is -2.40. The highest BCUT2D eigenvalue weighted by atomic mass is 16.5. The van der Waals surface area contributed by atoms with Crippen molar-refractivity contribution in [2.75, 3.05) is 38.4 Å². The molecule has 0 radical (unpaired) electrons. The Kier molecular flexibility index (Phi) is 10.9. The van der Waals surface area contributed by atoms with Crippen molar-refractivity contribution in [2.24, 2.45) is 5.92 Å². The molecule has 3 heterocycles. The number of fused-ring (bicyclic) bond motifs is 7. The van der Waals surface area contributed by atoms with Gasteiger partial charge in [-0.05, 0) is 133 Å². The van der Waals surface area contributed by atoms with Gasteiger partial charge in [0.05, 0.1) is 20.1 Å². The van der Waals surface area contributed by atoms with Crippen LogP contribution in [0.4, 0.5) is 11.5 Å². The number of phenols is 2. The Labute approximate surface area is 363 Å². The molecule has 10 heteroatoms. The number of nitrogen functional groups attached to an aromatic ring is 1. The molecule has 5 atom stereocenters. The molecule has 1 spiro atoms. The normalized spacial score (nSPS) is 21.4. The van der Waals surface area contributed by atoms with E-state index in [4.69, 9.17) is 29.7 Å². The molecule has 2 aliphatic carbocycles. The van der Waals surface area contributed by atoms with Gasteiger partial charge in [-0.1, -0.05) is 43.2 Å². The maximum absolute atomic E-state index is 12.5. The molecule has 62 heavy (non-hydrogen) atoms. The molecule has 9 rings (SSSR count). The lowest BCUT2D eigenvalue weighted by atomic mass is 9.64. The van der Waals surface area contributed by atoms with Crippen LogP contribution in [-0.4, -0.2) is 48.5 Å². The first-order valence-electron chi connectivity index (χ1n) is 21.9. The predicted octanol–water partition coefficient (Wildman–Crippen LogP) is 9.45. The van der Waals surface area contributed by atoms with E-state index in [0.717, 1.165) is 107 Å². The summed E-state index contributed by atoms with van der Waals surface area (Å²) < 4.78 is 24.9. The molecular weight excluding hydrogens is 779 g/mol. The topological polar surface area (TPSA) is 145 Å². The molecule has 0 unspecified atom stereocenters. The Bertz CT molecular complexity index is 2650. The number of benzene rings is 4. The van der Waals surface area contributed by atoms with E-state index in [2.05, 4.69) is 73.5 Å². The number of esters is 1. The van der Waals surface area contributed by atoms with E-state index in [-0.39, 0.29) is 53.7 Å². The number of nitrogens with zero attached hydrogens (tertiary/aromatic N) is 1. The molecule has 1 fully saturated rings. The molecule has 0 amide bonds. The van der Waals surface area contributed by atoms with Gasteiger partial charge in [0.15, 0.2) is 11.5 Å². The van der Waals surface area contributed by atoms with E-state index in [1.165, 1.54) is 19.6 Å². The maximum atomic E-state index is 12.5. The fraction of sp³-hybridized carbons (Fsp3) is 0.385. The van der Waals surface area contributed by atoms with Crippen molar-refractivity contribution in [3.05, 3.63) is 117 Å². The van der Waals surface area contributed by atoms with Crippen molar-refractivity contribution in [2.45, 2.75) is 95.5 Å². The number of rotatable bonds is 10. The summed E-state index contributed by atoms with van der Waals surface area (Å²) in [5.41, 5.74) is 18.2. The molecule has 4 aliphatic rings. The van der Waals surface area contributed by atoms with Crippen molar-refractivity contribution < 1.29 is 34.0 Å². The van der Waals surface area contributed by atoms with Gasteiger partial charge in [0, 0.05) is 59.3 Å². The number of pyridine rings is 1. The van der Waals surface area contributed by atoms with Gasteiger partial charge in [-0.3, -0.25) is 4.79 Å². The van der Waals surface area contributed by atoms with Crippen LogP contribution in [-0.2, 0) is 40.6 Å². The summed E-state index contributed by atoms with van der Waals surface area (Å²) in [5.74, 6) is 8.87. The van der Waals surface area contributed by atoms with Gasteiger partial charge >= 0.3 is 5.97 Å². The second kappa shape index (κ2) is 16.5. The Morgan fingerprint density at radius 3 is 2.56 bits per heavy atom. The van der Waals surface area contributed by atoms with Crippen LogP contribution in [0.25, 0.3) is 11.1 Å². The highest BCUT2D eigenvalue weighted by Gasteiger charge is 2.52. The highest BCUT2D eigenvalue weighted by Crippen LogP contribution is 2.63. The minimum absolute atomic E-state index is 0.00752. The SMILES string of the molecule is CCNc1ccccc1CC[C@H]1c2cc(CC)c(N)nc2C#CCc2cc(O)c(OC)cc2[C@H]2Oc3c(ccc4c3[C@]3(CC[C@@H]1C3)Cc1cc(O)cc(OC)c1-4)[C@@H]2COC(C)=O. The molecule has 4 bridgehead atoms. The fourth-order valence-corrected chi connectivity index (χ4v) is 11.1. The van der Waals surface area contributed by atoms with E-state index < -0.39 is 6.10 Å². The van der Waals surface area contributed by atoms with E-state index >= 15 is 0 Å². The Morgan fingerprint density at radius 1 is 0.968 bits per heavy atom. The van der Waals surface area contributed by atoms with Crippen molar-refractivity contribution >= 4 is 17.5 Å². The summed E-state index contributed by atoms with van der Waals surface area (Å²) in [6.45, 7) is 6.59. The number of ether oxygens (including phenoxy) is 4. The van der Waals surface area contributed by atoms with Crippen LogP contribution < -0.4 is 25.3 Å². The van der Waals surface area contributed by atoms with Gasteiger partial charge in [0.1, 0.15) is 41.5 Å². The van der Waals surface area contributed by atoms with Gasteiger partial charge in [-0.2, -0.15) is 0 Å². The van der Waals surface area contributed by atoms with Gasteiger partial charge in [-0.15, -0.1) is 0 Å². The number of anilines is 2. The lowest BCUT2D eigenvalue weighted by Crippen LogP contribution is -2.31. The largest absolute Gasteiger partial charge is 0.508 e. The van der Waals surface area contributed by atoms with Crippen LogP contribution in [0.1, 0.15) is 115 Å². The van der Waals surface area contributed by atoms with E-state index in [0.29, 0.717) is 29.4 Å². The third-order valence-corrected chi connectivity index (χ3v) is 13.9. The molecule has 1 saturated carbocycles. The van der Waals surface area contributed by atoms with Crippen LogP contribution in [0, 0.1) is 17.8 Å². The van der Waals surface area contributed by atoms with Crippen molar-refractivity contribution in [1.29, 1.82) is 0 Å². The third kappa shape index (κ3) is 7.11. The zero-order valence-electron chi connectivity index (χ0n) is 36.2. The first kappa shape index (κ1) is 41.0. The fourth-order valence-electron chi connectivity index (χ4n) is 11.1. The van der Waals surface area contributed by atoms with Crippen molar-refractivity contribution in [1.82, 2.24) is 4.98 Å². The first-order chi connectivity index (χ1) is 30.1. The second-order valence-electron chi connectivity index (χ2n) is 17.4. The number of carbonyl (C=O) groups is 1. The van der Waals surface area contributed by atoms with Gasteiger partial charge in [0.2, 0.25) is 0 Å². The molecule has 0 saturated heterocycles. The number of aromatic nitrogens is 1. The minimum Gasteiger partial charge on any atom is -0.508 e. The summed E-state index contributed by atoms with van der Waals surface area (Å²) in [4.78, 5) is 17.5. The quantitative estimate of drug-likeness (QED) is 0.0793. The van der Waals surface area contributed by atoms with E-state index in [1.54, 1.807) is 19.2 Å².